The van der Waals surface area contributed by atoms with E-state index < -0.39 is 12.0 Å². The maximum Gasteiger partial charge on any atom is 0.246 e. The van der Waals surface area contributed by atoms with Crippen molar-refractivity contribution in [1.82, 2.24) is 30.1 Å². The van der Waals surface area contributed by atoms with Gasteiger partial charge in [-0.3, -0.25) is 9.59 Å². The largest absolute Gasteiger partial charge is 0.497 e. The molecule has 0 saturated carbocycles. The molecule has 0 bridgehead atoms. The van der Waals surface area contributed by atoms with E-state index in [-0.39, 0.29) is 17.8 Å². The Morgan fingerprint density at radius 2 is 1.79 bits per heavy atom. The molecule has 2 heterocycles. The van der Waals surface area contributed by atoms with Gasteiger partial charge in [-0.05, 0) is 63.8 Å². The molecule has 0 aliphatic heterocycles. The van der Waals surface area contributed by atoms with Crippen LogP contribution in [-0.4, -0.2) is 84.0 Å². The Balaban J connectivity index is 1.60. The van der Waals surface area contributed by atoms with Crippen LogP contribution in [0.25, 0.3) is 0 Å². The van der Waals surface area contributed by atoms with Gasteiger partial charge in [0.15, 0.2) is 5.82 Å². The van der Waals surface area contributed by atoms with Gasteiger partial charge in [-0.25, -0.2) is 9.97 Å². The van der Waals surface area contributed by atoms with Crippen LogP contribution < -0.4 is 20.7 Å². The first-order valence-electron chi connectivity index (χ1n) is 13.7. The second kappa shape index (κ2) is 16.4. The lowest BCUT2D eigenvalue weighted by Crippen LogP contribution is -2.45. The maximum absolute atomic E-state index is 13.2. The number of pyridine rings is 1. The number of carbonyl (C=O) groups is 2. The monoisotopic (exact) mass is 588 g/mol. The van der Waals surface area contributed by atoms with Crippen molar-refractivity contribution in [3.63, 3.8) is 0 Å². The van der Waals surface area contributed by atoms with Gasteiger partial charge in [-0.2, -0.15) is 9.37 Å². The molecule has 3 rings (SSSR count). The fourth-order valence-corrected chi connectivity index (χ4v) is 3.56. The Morgan fingerprint density at radius 3 is 2.47 bits per heavy atom. The first kappa shape index (κ1) is 32.5. The van der Waals surface area contributed by atoms with Crippen molar-refractivity contribution in [2.75, 3.05) is 52.0 Å². The minimum absolute atomic E-state index is 0.229. The van der Waals surface area contributed by atoms with Crippen LogP contribution in [0.15, 0.2) is 60.9 Å². The average Bonchev–Trinajstić information content (AvgIpc) is 3.00. The first-order valence-corrected chi connectivity index (χ1v) is 13.7. The SMILES string of the molecule is COc1ccc(Nc2nc(Nc3ccc(F)nc3)ncc2C#CCCCNC(=O)[C@H](C)N(C)C(=O)/C=C/CN(C)C)cc1. The van der Waals surface area contributed by atoms with Crippen molar-refractivity contribution in [2.45, 2.75) is 25.8 Å². The van der Waals surface area contributed by atoms with E-state index in [9.17, 15) is 14.0 Å². The number of benzene rings is 1. The third-order valence-corrected chi connectivity index (χ3v) is 6.16. The highest BCUT2D eigenvalue weighted by molar-refractivity contribution is 5.92. The number of likely N-dealkylation sites (N-methyl/N-ethyl adjacent to an activating group) is 2. The van der Waals surface area contributed by atoms with Crippen LogP contribution in [0.2, 0.25) is 0 Å². The van der Waals surface area contributed by atoms with Gasteiger partial charge >= 0.3 is 0 Å². The molecule has 11 nitrogen and oxygen atoms in total. The van der Waals surface area contributed by atoms with Crippen LogP contribution >= 0.6 is 0 Å². The topological polar surface area (TPSA) is 125 Å². The fraction of sp³-hybridized carbons (Fsp3) is 0.323. The van der Waals surface area contributed by atoms with E-state index in [1.807, 2.05) is 43.3 Å². The third kappa shape index (κ3) is 10.7. The summed E-state index contributed by atoms with van der Waals surface area (Å²) in [6.07, 6.45) is 7.31. The molecule has 226 valence electrons. The molecule has 2 amide bonds. The lowest BCUT2D eigenvalue weighted by molar-refractivity contribution is -0.135. The quantitative estimate of drug-likeness (QED) is 0.119. The summed E-state index contributed by atoms with van der Waals surface area (Å²) in [6.45, 7) is 2.74. The summed E-state index contributed by atoms with van der Waals surface area (Å²) in [5.41, 5.74) is 1.87. The molecule has 3 aromatic rings. The number of unbranched alkanes of at least 4 members (excludes halogenated alkanes) is 1. The zero-order valence-corrected chi connectivity index (χ0v) is 25.0. The van der Waals surface area contributed by atoms with Gasteiger partial charge in [-0.1, -0.05) is 17.9 Å². The highest BCUT2D eigenvalue weighted by atomic mass is 19.1. The second-order valence-corrected chi connectivity index (χ2v) is 9.79. The minimum atomic E-state index is -0.607. The second-order valence-electron chi connectivity index (χ2n) is 9.79. The molecule has 0 fully saturated rings. The molecule has 0 unspecified atom stereocenters. The maximum atomic E-state index is 13.2. The fourth-order valence-electron chi connectivity index (χ4n) is 3.56. The Morgan fingerprint density at radius 1 is 1.05 bits per heavy atom. The van der Waals surface area contributed by atoms with E-state index in [1.54, 1.807) is 33.4 Å². The number of rotatable bonds is 13. The molecule has 3 N–H and O–H groups in total. The highest BCUT2D eigenvalue weighted by Gasteiger charge is 2.20. The number of anilines is 4. The van der Waals surface area contributed by atoms with E-state index in [2.05, 4.69) is 42.7 Å². The Labute approximate surface area is 251 Å². The summed E-state index contributed by atoms with van der Waals surface area (Å²) in [5.74, 6) is 6.63. The molecule has 43 heavy (non-hydrogen) atoms. The molecule has 0 aliphatic rings. The van der Waals surface area contributed by atoms with Gasteiger partial charge < -0.3 is 30.5 Å². The normalized spacial score (nSPS) is 11.4. The number of nitrogens with one attached hydrogen (secondary N) is 3. The zero-order chi connectivity index (χ0) is 31.2. The van der Waals surface area contributed by atoms with Crippen LogP contribution in [-0.2, 0) is 9.59 Å². The van der Waals surface area contributed by atoms with Crippen molar-refractivity contribution in [2.24, 2.45) is 0 Å². The summed E-state index contributed by atoms with van der Waals surface area (Å²) in [4.78, 5) is 40.7. The number of ether oxygens (including phenoxy) is 1. The van der Waals surface area contributed by atoms with Crippen LogP contribution in [0.3, 0.4) is 0 Å². The number of aromatic nitrogens is 3. The van der Waals surface area contributed by atoms with E-state index in [4.69, 9.17) is 4.74 Å². The molecule has 0 saturated heterocycles. The van der Waals surface area contributed by atoms with Crippen LogP contribution in [0.1, 0.15) is 25.3 Å². The summed E-state index contributed by atoms with van der Waals surface area (Å²) in [6, 6.07) is 9.52. The predicted octanol–water partition coefficient (Wildman–Crippen LogP) is 3.72. The van der Waals surface area contributed by atoms with Crippen LogP contribution in [0.5, 0.6) is 5.75 Å². The van der Waals surface area contributed by atoms with Crippen molar-refractivity contribution >= 4 is 35.0 Å². The number of carbonyl (C=O) groups excluding carboxylic acids is 2. The van der Waals surface area contributed by atoms with E-state index in [0.29, 0.717) is 43.0 Å². The molecule has 1 atom stereocenters. The van der Waals surface area contributed by atoms with Gasteiger partial charge in [0.25, 0.3) is 0 Å². The van der Waals surface area contributed by atoms with Gasteiger partial charge in [0.05, 0.1) is 30.8 Å². The predicted molar refractivity (Wildman–Crippen MR) is 165 cm³/mol. The van der Waals surface area contributed by atoms with Gasteiger partial charge in [0, 0.05) is 38.3 Å². The number of methoxy groups -OCH3 is 1. The molecule has 0 aliphatic carbocycles. The summed E-state index contributed by atoms with van der Waals surface area (Å²) < 4.78 is 18.4. The Bertz CT molecular complexity index is 1450. The summed E-state index contributed by atoms with van der Waals surface area (Å²) in [5, 5.41) is 9.12. The zero-order valence-electron chi connectivity index (χ0n) is 25.0. The summed E-state index contributed by atoms with van der Waals surface area (Å²) in [7, 11) is 7.03. The summed E-state index contributed by atoms with van der Waals surface area (Å²) >= 11 is 0. The van der Waals surface area contributed by atoms with Crippen molar-refractivity contribution in [1.29, 1.82) is 0 Å². The molecule has 1 aromatic carbocycles. The Kier molecular flexibility index (Phi) is 12.4. The number of nitrogens with zero attached hydrogens (tertiary/aromatic N) is 5. The van der Waals surface area contributed by atoms with Crippen molar-refractivity contribution in [3.8, 4) is 17.6 Å². The number of hydrogen-bond donors (Lipinski definition) is 3. The minimum Gasteiger partial charge on any atom is -0.497 e. The standard InChI is InChI=1S/C31H37FN8O3/c1-22(40(4)28(41)11-9-19-39(2)3)30(42)33-18-8-6-7-10-23-20-35-31(37-25-14-17-27(32)34-21-25)38-29(23)36-24-12-15-26(43-5)16-13-24/h9,11-17,20-22H,6,8,18-19H2,1-5H3,(H,33,42)(H2,35,36,37,38)/b11-9+/t22-/m0/s1. The van der Waals surface area contributed by atoms with Crippen LogP contribution in [0.4, 0.5) is 27.5 Å². The van der Waals surface area contributed by atoms with Gasteiger partial charge in [0.2, 0.25) is 23.7 Å². The van der Waals surface area contributed by atoms with Crippen LogP contribution in [0, 0.1) is 17.8 Å². The van der Waals surface area contributed by atoms with E-state index in [0.717, 1.165) is 11.4 Å². The Hall–Kier alpha value is -5.02. The highest BCUT2D eigenvalue weighted by Crippen LogP contribution is 2.23. The average molecular weight is 589 g/mol. The third-order valence-electron chi connectivity index (χ3n) is 6.16. The van der Waals surface area contributed by atoms with Gasteiger partial charge in [-0.15, -0.1) is 0 Å². The molecule has 2 aromatic heterocycles. The number of amides is 2. The lowest BCUT2D eigenvalue weighted by atomic mass is 10.2. The van der Waals surface area contributed by atoms with Crippen molar-refractivity contribution < 1.29 is 18.7 Å². The molecule has 12 heteroatoms. The van der Waals surface area contributed by atoms with Crippen molar-refractivity contribution in [3.05, 3.63) is 72.5 Å². The smallest absolute Gasteiger partial charge is 0.246 e. The first-order chi connectivity index (χ1) is 20.7. The lowest BCUT2D eigenvalue weighted by Gasteiger charge is -2.23. The number of hydrogen-bond acceptors (Lipinski definition) is 9. The number of halogens is 1. The molecular formula is C31H37FN8O3. The molecular weight excluding hydrogens is 551 g/mol. The molecule has 0 spiro atoms. The molecule has 0 radical (unpaired) electrons. The van der Waals surface area contributed by atoms with E-state index >= 15 is 0 Å². The van der Waals surface area contributed by atoms with Gasteiger partial charge in [0.1, 0.15) is 11.8 Å². The van der Waals surface area contributed by atoms with E-state index in [1.165, 1.54) is 29.3 Å².